The normalized spacial score (nSPS) is 26.0. The zero-order valence-corrected chi connectivity index (χ0v) is 11.4. The number of halogens is 1. The molecule has 1 heterocycles. The highest BCUT2D eigenvalue weighted by Crippen LogP contribution is 2.52. The first-order valence-corrected chi connectivity index (χ1v) is 6.67. The molecule has 0 saturated heterocycles. The predicted octanol–water partition coefficient (Wildman–Crippen LogP) is 1.54. The van der Waals surface area contributed by atoms with Crippen LogP contribution in [0.4, 0.5) is 11.4 Å². The Hall–Kier alpha value is -1.96. The van der Waals surface area contributed by atoms with E-state index in [1.54, 1.807) is 6.08 Å². The number of carbonyl (C=O) groups is 1. The Morgan fingerprint density at radius 2 is 2.19 bits per heavy atom. The molecule has 1 aromatic carbocycles. The van der Waals surface area contributed by atoms with Gasteiger partial charge in [0.05, 0.1) is 5.02 Å². The molecule has 0 saturated carbocycles. The summed E-state index contributed by atoms with van der Waals surface area (Å²) in [6.07, 6.45) is 4.10. The number of nitrogens with zero attached hydrogens (tertiary/aromatic N) is 1. The second-order valence-corrected chi connectivity index (χ2v) is 5.50. The molecule has 1 aromatic rings. The van der Waals surface area contributed by atoms with E-state index in [2.05, 4.69) is 5.32 Å². The number of fused-ring (bicyclic) bond motifs is 3. The van der Waals surface area contributed by atoms with Gasteiger partial charge in [-0.2, -0.15) is 0 Å². The Balaban J connectivity index is 2.24. The fourth-order valence-corrected chi connectivity index (χ4v) is 3.42. The first-order chi connectivity index (χ1) is 9.91. The third kappa shape index (κ3) is 2.01. The summed E-state index contributed by atoms with van der Waals surface area (Å²) in [6.45, 7) is 0. The lowest BCUT2D eigenvalue weighted by Crippen LogP contribution is -2.42. The minimum absolute atomic E-state index is 0.0442. The van der Waals surface area contributed by atoms with Crippen molar-refractivity contribution in [1.29, 1.82) is 0 Å². The number of anilines is 2. The summed E-state index contributed by atoms with van der Waals surface area (Å²) < 4.78 is 0. The summed E-state index contributed by atoms with van der Waals surface area (Å²) in [5.41, 5.74) is 0.251. The molecule has 0 radical (unpaired) electrons. The molecule has 8 heteroatoms. The van der Waals surface area contributed by atoms with E-state index in [1.165, 1.54) is 0 Å². The monoisotopic (exact) mass is 311 g/mol. The lowest BCUT2D eigenvalue weighted by molar-refractivity contribution is -0.267. The summed E-state index contributed by atoms with van der Waals surface area (Å²) in [5.74, 6) is -2.26. The average molecular weight is 312 g/mol. The van der Waals surface area contributed by atoms with Gasteiger partial charge in [0.2, 0.25) is 0 Å². The molecule has 0 unspecified atom stereocenters. The van der Waals surface area contributed by atoms with Crippen LogP contribution in [0, 0.1) is 5.92 Å². The molecular weight excluding hydrogens is 300 g/mol. The number of carboxylic acid groups (broad SMARTS) is 1. The highest BCUT2D eigenvalue weighted by atomic mass is 35.5. The number of aliphatic carboxylic acids is 1. The number of allylic oxidation sites excluding steroid dienone is 2. The molecule has 0 fully saturated rings. The minimum atomic E-state index is -1.06. The SMILES string of the molecule is O=C(O)[C@@H]1Nc2c([O-])cc(Cl)c(N(O)O)c2[C@@H]2C=CC[C@H]12. The molecule has 0 spiro atoms. The molecule has 2 aliphatic rings. The second-order valence-electron chi connectivity index (χ2n) is 5.10. The topological polar surface area (TPSA) is 116 Å². The molecule has 3 rings (SSSR count). The zero-order valence-electron chi connectivity index (χ0n) is 10.7. The van der Waals surface area contributed by atoms with Crippen LogP contribution in [0.25, 0.3) is 0 Å². The number of hydrogen-bond acceptors (Lipinski definition) is 6. The average Bonchev–Trinajstić information content (AvgIpc) is 2.86. The van der Waals surface area contributed by atoms with Crippen molar-refractivity contribution < 1.29 is 25.4 Å². The maximum atomic E-state index is 12.1. The fourth-order valence-electron chi connectivity index (χ4n) is 3.14. The maximum absolute atomic E-state index is 12.1. The Morgan fingerprint density at radius 1 is 1.48 bits per heavy atom. The van der Waals surface area contributed by atoms with Gasteiger partial charge in [-0.05, 0) is 12.5 Å². The fraction of sp³-hybridized carbons (Fsp3) is 0.308. The molecule has 1 aliphatic heterocycles. The van der Waals surface area contributed by atoms with Gasteiger partial charge >= 0.3 is 5.97 Å². The van der Waals surface area contributed by atoms with E-state index in [0.717, 1.165) is 6.07 Å². The molecule has 1 aliphatic carbocycles. The third-order valence-electron chi connectivity index (χ3n) is 4.00. The summed E-state index contributed by atoms with van der Waals surface area (Å²) in [7, 11) is 0. The standard InChI is InChI=1S/C13H13ClN2O5/c14-7-4-8(17)11-9(12(7)16(20)21)5-2-1-3-6(5)10(15-11)13(18)19/h1-2,4-6,10,15,17,20-21H,3H2,(H,18,19)/p-1/t5-,6+,10-/m1/s1. The highest BCUT2D eigenvalue weighted by molar-refractivity contribution is 6.33. The molecule has 0 bridgehead atoms. The number of nitrogens with one attached hydrogen (secondary N) is 1. The van der Waals surface area contributed by atoms with Crippen molar-refractivity contribution in [2.24, 2.45) is 5.92 Å². The van der Waals surface area contributed by atoms with E-state index in [1.807, 2.05) is 6.08 Å². The third-order valence-corrected chi connectivity index (χ3v) is 4.28. The molecule has 0 amide bonds. The van der Waals surface area contributed by atoms with Crippen molar-refractivity contribution in [2.75, 3.05) is 10.5 Å². The van der Waals surface area contributed by atoms with E-state index in [9.17, 15) is 25.4 Å². The van der Waals surface area contributed by atoms with Gasteiger partial charge in [0.25, 0.3) is 0 Å². The molecule has 21 heavy (non-hydrogen) atoms. The molecular formula is C13H12ClN2O5-. The highest BCUT2D eigenvalue weighted by Gasteiger charge is 2.43. The largest absolute Gasteiger partial charge is 0.871 e. The van der Waals surface area contributed by atoms with Crippen LogP contribution in [0.2, 0.25) is 5.02 Å². The van der Waals surface area contributed by atoms with E-state index in [-0.39, 0.29) is 27.5 Å². The molecule has 4 N–H and O–H groups in total. The number of rotatable bonds is 2. The van der Waals surface area contributed by atoms with Crippen LogP contribution in [-0.2, 0) is 4.79 Å². The smallest absolute Gasteiger partial charge is 0.326 e. The van der Waals surface area contributed by atoms with Gasteiger partial charge in [-0.25, -0.2) is 4.79 Å². The van der Waals surface area contributed by atoms with Gasteiger partial charge in [-0.15, -0.1) is 5.23 Å². The lowest BCUT2D eigenvalue weighted by atomic mass is 9.78. The van der Waals surface area contributed by atoms with Crippen LogP contribution in [0.5, 0.6) is 5.75 Å². The Labute approximate surface area is 124 Å². The Kier molecular flexibility index (Phi) is 3.20. The van der Waals surface area contributed by atoms with Gasteiger partial charge in [0.1, 0.15) is 11.7 Å². The minimum Gasteiger partial charge on any atom is -0.871 e. The quantitative estimate of drug-likeness (QED) is 0.483. The molecule has 3 atom stereocenters. The summed E-state index contributed by atoms with van der Waals surface area (Å²) >= 11 is 5.92. The van der Waals surface area contributed by atoms with Crippen molar-refractivity contribution in [3.05, 3.63) is 28.8 Å². The van der Waals surface area contributed by atoms with Crippen LogP contribution in [-0.4, -0.2) is 27.5 Å². The zero-order chi connectivity index (χ0) is 15.3. The number of carboxylic acids is 1. The lowest BCUT2D eigenvalue weighted by Gasteiger charge is -2.38. The van der Waals surface area contributed by atoms with Gasteiger partial charge in [-0.3, -0.25) is 10.4 Å². The van der Waals surface area contributed by atoms with E-state index >= 15 is 0 Å². The van der Waals surface area contributed by atoms with Crippen LogP contribution >= 0.6 is 11.6 Å². The summed E-state index contributed by atoms with van der Waals surface area (Å²) in [6, 6.07) is 0.116. The number of hydrogen-bond donors (Lipinski definition) is 4. The van der Waals surface area contributed by atoms with Gasteiger partial charge in [-0.1, -0.05) is 29.5 Å². The van der Waals surface area contributed by atoms with Crippen LogP contribution in [0.3, 0.4) is 0 Å². The Bertz CT molecular complexity index is 646. The van der Waals surface area contributed by atoms with Crippen molar-refractivity contribution in [1.82, 2.24) is 0 Å². The van der Waals surface area contributed by atoms with Crippen LogP contribution in [0.15, 0.2) is 18.2 Å². The van der Waals surface area contributed by atoms with E-state index in [0.29, 0.717) is 12.0 Å². The van der Waals surface area contributed by atoms with E-state index < -0.39 is 23.7 Å². The van der Waals surface area contributed by atoms with Gasteiger partial charge in [0.15, 0.2) is 0 Å². The maximum Gasteiger partial charge on any atom is 0.326 e. The molecule has 7 nitrogen and oxygen atoms in total. The summed E-state index contributed by atoms with van der Waals surface area (Å²) in [5, 5.41) is 42.6. The molecule has 0 aromatic heterocycles. The van der Waals surface area contributed by atoms with Gasteiger partial charge in [0, 0.05) is 23.1 Å². The van der Waals surface area contributed by atoms with E-state index in [4.69, 9.17) is 11.6 Å². The number of benzene rings is 1. The molecule has 112 valence electrons. The van der Waals surface area contributed by atoms with Crippen molar-refractivity contribution in [3.8, 4) is 5.75 Å². The summed E-state index contributed by atoms with van der Waals surface area (Å²) in [4.78, 5) is 11.4. The first-order valence-electron chi connectivity index (χ1n) is 6.29. The van der Waals surface area contributed by atoms with Gasteiger partial charge < -0.3 is 15.5 Å². The van der Waals surface area contributed by atoms with Crippen LogP contribution < -0.4 is 15.6 Å². The Morgan fingerprint density at radius 3 is 2.81 bits per heavy atom. The van der Waals surface area contributed by atoms with Crippen molar-refractivity contribution in [3.63, 3.8) is 0 Å². The van der Waals surface area contributed by atoms with Crippen molar-refractivity contribution in [2.45, 2.75) is 18.4 Å². The second kappa shape index (κ2) is 4.80. The predicted molar refractivity (Wildman–Crippen MR) is 72.0 cm³/mol. The first kappa shape index (κ1) is 14.0. The van der Waals surface area contributed by atoms with Crippen molar-refractivity contribution >= 4 is 28.9 Å². The van der Waals surface area contributed by atoms with Crippen LogP contribution in [0.1, 0.15) is 17.9 Å².